The van der Waals surface area contributed by atoms with Crippen molar-refractivity contribution in [2.45, 2.75) is 57.5 Å². The number of hydrogen-bond donors (Lipinski definition) is 1. The molecule has 1 saturated carbocycles. The van der Waals surface area contributed by atoms with Crippen LogP contribution in [0.2, 0.25) is 0 Å². The van der Waals surface area contributed by atoms with Crippen LogP contribution in [0.25, 0.3) is 0 Å². The predicted octanol–water partition coefficient (Wildman–Crippen LogP) is 0.867. The molecule has 0 unspecified atom stereocenters. The van der Waals surface area contributed by atoms with Gasteiger partial charge in [0.1, 0.15) is 5.54 Å². The van der Waals surface area contributed by atoms with Crippen molar-refractivity contribution in [3.05, 3.63) is 0 Å². The van der Waals surface area contributed by atoms with E-state index < -0.39 is 11.4 Å². The summed E-state index contributed by atoms with van der Waals surface area (Å²) < 4.78 is 0. The van der Waals surface area contributed by atoms with Crippen LogP contribution in [-0.2, 0) is 9.59 Å². The zero-order valence-corrected chi connectivity index (χ0v) is 13.3. The Labute approximate surface area is 126 Å². The highest BCUT2D eigenvalue weighted by Crippen LogP contribution is 2.32. The van der Waals surface area contributed by atoms with Crippen LogP contribution in [-0.4, -0.2) is 53.3 Å². The summed E-state index contributed by atoms with van der Waals surface area (Å²) in [4.78, 5) is 26.9. The van der Waals surface area contributed by atoms with Crippen LogP contribution >= 0.6 is 0 Å². The molecule has 0 saturated heterocycles. The molecule has 0 radical (unpaired) electrons. The Hall–Kier alpha value is -1.61. The second kappa shape index (κ2) is 7.41. The van der Waals surface area contributed by atoms with E-state index in [9.17, 15) is 14.9 Å². The Morgan fingerprint density at radius 1 is 1.24 bits per heavy atom. The van der Waals surface area contributed by atoms with Crippen molar-refractivity contribution in [2.75, 3.05) is 20.1 Å². The molecule has 0 atom stereocenters. The summed E-state index contributed by atoms with van der Waals surface area (Å²) in [5.41, 5.74) is 4.53. The van der Waals surface area contributed by atoms with Gasteiger partial charge in [-0.3, -0.25) is 14.5 Å². The number of likely N-dealkylation sites (N-methyl/N-ethyl adjacent to an activating group) is 1. The highest BCUT2D eigenvalue weighted by molar-refractivity contribution is 5.81. The Morgan fingerprint density at radius 3 is 2.24 bits per heavy atom. The largest absolute Gasteiger partial charge is 0.369 e. The van der Waals surface area contributed by atoms with Crippen LogP contribution in [0.5, 0.6) is 0 Å². The molecule has 21 heavy (non-hydrogen) atoms. The third-order valence-corrected chi connectivity index (χ3v) is 4.33. The fourth-order valence-corrected chi connectivity index (χ4v) is 2.80. The van der Waals surface area contributed by atoms with Gasteiger partial charge in [0.05, 0.1) is 19.2 Å². The van der Waals surface area contributed by atoms with Crippen molar-refractivity contribution in [2.24, 2.45) is 5.73 Å². The highest BCUT2D eigenvalue weighted by Gasteiger charge is 2.39. The molecule has 1 aliphatic rings. The van der Waals surface area contributed by atoms with Gasteiger partial charge < -0.3 is 10.6 Å². The molecule has 118 valence electrons. The zero-order chi connectivity index (χ0) is 16.0. The van der Waals surface area contributed by atoms with Gasteiger partial charge in [-0.15, -0.1) is 0 Å². The molecular formula is C15H26N4O2. The van der Waals surface area contributed by atoms with E-state index in [1.54, 1.807) is 16.8 Å². The van der Waals surface area contributed by atoms with E-state index in [0.717, 1.165) is 32.1 Å². The lowest BCUT2D eigenvalue weighted by Gasteiger charge is -2.40. The Kier molecular flexibility index (Phi) is 6.16. The Balaban J connectivity index is 2.76. The summed E-state index contributed by atoms with van der Waals surface area (Å²) in [5, 5.41) is 9.52. The minimum atomic E-state index is -0.690. The van der Waals surface area contributed by atoms with E-state index in [1.165, 1.54) is 0 Å². The lowest BCUT2D eigenvalue weighted by molar-refractivity contribution is -0.137. The first-order valence-electron chi connectivity index (χ1n) is 7.52. The minimum Gasteiger partial charge on any atom is -0.369 e. The molecule has 1 rings (SSSR count). The summed E-state index contributed by atoms with van der Waals surface area (Å²) in [7, 11) is 1.69. The van der Waals surface area contributed by atoms with E-state index >= 15 is 0 Å². The van der Waals surface area contributed by atoms with Crippen LogP contribution < -0.4 is 5.73 Å². The summed E-state index contributed by atoms with van der Waals surface area (Å²) in [6, 6.07) is 2.38. The minimum absolute atomic E-state index is 0.0410. The quantitative estimate of drug-likeness (QED) is 0.787. The van der Waals surface area contributed by atoms with Crippen LogP contribution in [0.4, 0.5) is 0 Å². The maximum absolute atomic E-state index is 12.5. The number of carbonyl (C=O) groups excluding carboxylic acids is 2. The van der Waals surface area contributed by atoms with Crippen molar-refractivity contribution in [3.8, 4) is 6.07 Å². The molecule has 1 fully saturated rings. The van der Waals surface area contributed by atoms with Gasteiger partial charge in [0.25, 0.3) is 0 Å². The topological polar surface area (TPSA) is 90.4 Å². The molecule has 6 nitrogen and oxygen atoms in total. The smallest absolute Gasteiger partial charge is 0.237 e. The van der Waals surface area contributed by atoms with Crippen LogP contribution in [0.1, 0.15) is 46.0 Å². The maximum atomic E-state index is 12.5. The van der Waals surface area contributed by atoms with E-state index in [0.29, 0.717) is 0 Å². The summed E-state index contributed by atoms with van der Waals surface area (Å²) in [5.74, 6) is -0.583. The van der Waals surface area contributed by atoms with Crippen LogP contribution in [0.15, 0.2) is 0 Å². The monoisotopic (exact) mass is 294 g/mol. The first-order chi connectivity index (χ1) is 9.82. The van der Waals surface area contributed by atoms with Gasteiger partial charge in [-0.25, -0.2) is 0 Å². The molecule has 0 bridgehead atoms. The Morgan fingerprint density at radius 2 is 1.81 bits per heavy atom. The third kappa shape index (κ3) is 4.43. The van der Waals surface area contributed by atoms with Crippen LogP contribution in [0.3, 0.4) is 0 Å². The number of rotatable bonds is 6. The molecule has 0 heterocycles. The first-order valence-corrected chi connectivity index (χ1v) is 7.52. The summed E-state index contributed by atoms with van der Waals surface area (Å²) in [6.07, 6.45) is 4.51. The van der Waals surface area contributed by atoms with Gasteiger partial charge in [-0.1, -0.05) is 19.3 Å². The third-order valence-electron chi connectivity index (χ3n) is 4.33. The molecule has 2 N–H and O–H groups in total. The van der Waals surface area contributed by atoms with Crippen molar-refractivity contribution in [1.29, 1.82) is 5.26 Å². The SMILES string of the molecule is CC(C)N(CC(N)=O)CC(=O)N(C)C1(C#N)CCCCC1. The van der Waals surface area contributed by atoms with Gasteiger partial charge in [0.2, 0.25) is 11.8 Å². The van der Waals surface area contributed by atoms with Crippen molar-refractivity contribution in [1.82, 2.24) is 9.80 Å². The summed E-state index contributed by atoms with van der Waals surface area (Å²) in [6.45, 7) is 3.99. The maximum Gasteiger partial charge on any atom is 0.237 e. The number of hydrogen-bond acceptors (Lipinski definition) is 4. The van der Waals surface area contributed by atoms with E-state index in [4.69, 9.17) is 5.73 Å². The molecule has 0 spiro atoms. The van der Waals surface area contributed by atoms with Crippen LogP contribution in [0, 0.1) is 11.3 Å². The van der Waals surface area contributed by atoms with Gasteiger partial charge in [0, 0.05) is 13.1 Å². The standard InChI is InChI=1S/C15H26N4O2/c1-12(2)19(9-13(17)20)10-14(21)18(3)15(11-16)7-5-4-6-8-15/h12H,4-10H2,1-3H3,(H2,17,20). The number of primary amides is 1. The fourth-order valence-electron chi connectivity index (χ4n) is 2.80. The van der Waals surface area contributed by atoms with Crippen molar-refractivity contribution >= 4 is 11.8 Å². The van der Waals surface area contributed by atoms with Crippen molar-refractivity contribution in [3.63, 3.8) is 0 Å². The highest BCUT2D eigenvalue weighted by atomic mass is 16.2. The number of carbonyl (C=O) groups is 2. The number of nitrogens with two attached hydrogens (primary N) is 1. The number of nitrogens with zero attached hydrogens (tertiary/aromatic N) is 3. The fraction of sp³-hybridized carbons (Fsp3) is 0.800. The number of amides is 2. The summed E-state index contributed by atoms with van der Waals surface area (Å²) >= 11 is 0. The molecular weight excluding hydrogens is 268 g/mol. The second-order valence-corrected chi connectivity index (χ2v) is 6.12. The van der Waals surface area contributed by atoms with E-state index in [1.807, 2.05) is 13.8 Å². The van der Waals surface area contributed by atoms with Gasteiger partial charge in [0.15, 0.2) is 0 Å². The van der Waals surface area contributed by atoms with Gasteiger partial charge in [-0.2, -0.15) is 5.26 Å². The zero-order valence-electron chi connectivity index (χ0n) is 13.3. The van der Waals surface area contributed by atoms with Gasteiger partial charge >= 0.3 is 0 Å². The molecule has 0 aromatic rings. The van der Waals surface area contributed by atoms with E-state index in [2.05, 4.69) is 6.07 Å². The normalized spacial score (nSPS) is 17.5. The second-order valence-electron chi connectivity index (χ2n) is 6.12. The average Bonchev–Trinajstić information content (AvgIpc) is 2.45. The lowest BCUT2D eigenvalue weighted by atomic mass is 9.81. The predicted molar refractivity (Wildman–Crippen MR) is 80.1 cm³/mol. The molecule has 6 heteroatoms. The molecule has 2 amide bonds. The molecule has 0 aliphatic heterocycles. The molecule has 0 aromatic heterocycles. The Bertz CT molecular complexity index is 422. The van der Waals surface area contributed by atoms with Gasteiger partial charge in [-0.05, 0) is 26.7 Å². The van der Waals surface area contributed by atoms with Crippen molar-refractivity contribution < 1.29 is 9.59 Å². The number of nitriles is 1. The first kappa shape index (κ1) is 17.4. The van der Waals surface area contributed by atoms with E-state index in [-0.39, 0.29) is 25.0 Å². The molecule has 0 aromatic carbocycles. The lowest BCUT2D eigenvalue weighted by Crippen LogP contribution is -2.54. The average molecular weight is 294 g/mol. The molecule has 1 aliphatic carbocycles.